The summed E-state index contributed by atoms with van der Waals surface area (Å²) in [6.07, 6.45) is 6.56. The topological polar surface area (TPSA) is 71.1 Å². The lowest BCUT2D eigenvalue weighted by molar-refractivity contribution is -0.0548. The number of hydrogen-bond donors (Lipinski definition) is 0. The van der Waals surface area contributed by atoms with E-state index in [1.54, 1.807) is 20.8 Å². The third-order valence-corrected chi connectivity index (χ3v) is 4.39. The lowest BCUT2D eigenvalue weighted by atomic mass is 9.95. The monoisotopic (exact) mass is 386 g/mol. The normalized spacial score (nSPS) is 20.2. The van der Waals surface area contributed by atoms with Crippen molar-refractivity contribution in [2.75, 3.05) is 6.61 Å². The largest absolute Gasteiger partial charge is 0.509 e. The van der Waals surface area contributed by atoms with E-state index < -0.39 is 17.9 Å². The highest BCUT2D eigenvalue weighted by atomic mass is 16.7. The minimum absolute atomic E-state index is 0.273. The molecule has 0 aromatic rings. The summed E-state index contributed by atoms with van der Waals surface area (Å²) >= 11 is 0. The van der Waals surface area contributed by atoms with Crippen LogP contribution >= 0.6 is 0 Å². The van der Waals surface area contributed by atoms with Gasteiger partial charge in [-0.3, -0.25) is 0 Å². The number of carbonyl (C=O) groups is 2. The van der Waals surface area contributed by atoms with Gasteiger partial charge in [-0.15, -0.1) is 0 Å². The van der Waals surface area contributed by atoms with Gasteiger partial charge in [0, 0.05) is 6.42 Å². The molecular weight excluding hydrogens is 348 g/mol. The molecule has 0 N–H and O–H groups in total. The van der Waals surface area contributed by atoms with E-state index in [0.29, 0.717) is 13.0 Å². The SMILES string of the molecule is CC(C)CCCCCCOC(=O)OC1CCCC(OC(=O)OC(C)(C)C)C1. The Bertz CT molecular complexity index is 440. The second-order valence-electron chi connectivity index (χ2n) is 8.81. The molecule has 158 valence electrons. The number of ether oxygens (including phenoxy) is 4. The molecule has 1 aliphatic carbocycles. The second-order valence-corrected chi connectivity index (χ2v) is 8.81. The van der Waals surface area contributed by atoms with E-state index in [4.69, 9.17) is 18.9 Å². The van der Waals surface area contributed by atoms with E-state index in [1.807, 2.05) is 0 Å². The van der Waals surface area contributed by atoms with Gasteiger partial charge in [0.15, 0.2) is 0 Å². The zero-order valence-corrected chi connectivity index (χ0v) is 17.8. The predicted molar refractivity (Wildman–Crippen MR) is 104 cm³/mol. The zero-order valence-electron chi connectivity index (χ0n) is 17.8. The Balaban J connectivity index is 2.16. The maximum Gasteiger partial charge on any atom is 0.509 e. The first-order valence-electron chi connectivity index (χ1n) is 10.4. The van der Waals surface area contributed by atoms with Crippen molar-refractivity contribution in [1.82, 2.24) is 0 Å². The molecule has 2 atom stereocenters. The fraction of sp³-hybridized carbons (Fsp3) is 0.905. The van der Waals surface area contributed by atoms with Crippen molar-refractivity contribution >= 4 is 12.3 Å². The summed E-state index contributed by atoms with van der Waals surface area (Å²) in [7, 11) is 0. The molecular formula is C21H38O6. The van der Waals surface area contributed by atoms with Crippen molar-refractivity contribution in [2.24, 2.45) is 5.92 Å². The molecule has 1 saturated carbocycles. The van der Waals surface area contributed by atoms with Crippen LogP contribution in [0.5, 0.6) is 0 Å². The van der Waals surface area contributed by atoms with E-state index in [0.717, 1.165) is 38.0 Å². The van der Waals surface area contributed by atoms with E-state index in [1.165, 1.54) is 19.3 Å². The molecule has 1 fully saturated rings. The highest BCUT2D eigenvalue weighted by Gasteiger charge is 2.29. The van der Waals surface area contributed by atoms with Gasteiger partial charge in [-0.25, -0.2) is 9.59 Å². The van der Waals surface area contributed by atoms with Gasteiger partial charge >= 0.3 is 12.3 Å². The second kappa shape index (κ2) is 12.1. The lowest BCUT2D eigenvalue weighted by Crippen LogP contribution is -2.33. The van der Waals surface area contributed by atoms with Crippen molar-refractivity contribution in [3.8, 4) is 0 Å². The number of hydrogen-bond acceptors (Lipinski definition) is 6. The van der Waals surface area contributed by atoms with Gasteiger partial charge in [0.25, 0.3) is 0 Å². The average molecular weight is 387 g/mol. The molecule has 0 aromatic heterocycles. The fourth-order valence-electron chi connectivity index (χ4n) is 3.06. The summed E-state index contributed by atoms with van der Waals surface area (Å²) in [6, 6.07) is 0. The Morgan fingerprint density at radius 3 is 2.11 bits per heavy atom. The Morgan fingerprint density at radius 2 is 1.52 bits per heavy atom. The summed E-state index contributed by atoms with van der Waals surface area (Å²) in [6.45, 7) is 10.2. The van der Waals surface area contributed by atoms with E-state index >= 15 is 0 Å². The van der Waals surface area contributed by atoms with Gasteiger partial charge in [0.2, 0.25) is 0 Å². The Hall–Kier alpha value is -1.46. The molecule has 0 aromatic carbocycles. The third-order valence-electron chi connectivity index (χ3n) is 4.39. The maximum absolute atomic E-state index is 11.8. The lowest BCUT2D eigenvalue weighted by Gasteiger charge is -2.29. The van der Waals surface area contributed by atoms with Crippen LogP contribution in [0.4, 0.5) is 9.59 Å². The van der Waals surface area contributed by atoms with Crippen LogP contribution in [0.25, 0.3) is 0 Å². The van der Waals surface area contributed by atoms with Crippen molar-refractivity contribution in [2.45, 2.75) is 110 Å². The molecule has 6 heteroatoms. The summed E-state index contributed by atoms with van der Waals surface area (Å²) in [5, 5.41) is 0. The van der Waals surface area contributed by atoms with Crippen LogP contribution in [-0.2, 0) is 18.9 Å². The minimum Gasteiger partial charge on any atom is -0.434 e. The number of rotatable bonds is 9. The van der Waals surface area contributed by atoms with Crippen molar-refractivity contribution in [3.05, 3.63) is 0 Å². The average Bonchev–Trinajstić information content (AvgIpc) is 2.52. The van der Waals surface area contributed by atoms with Crippen LogP contribution in [0, 0.1) is 5.92 Å². The summed E-state index contributed by atoms with van der Waals surface area (Å²) < 4.78 is 21.0. The Kier molecular flexibility index (Phi) is 10.6. The molecule has 0 spiro atoms. The van der Waals surface area contributed by atoms with Crippen molar-refractivity contribution in [1.29, 1.82) is 0 Å². The van der Waals surface area contributed by atoms with Crippen molar-refractivity contribution in [3.63, 3.8) is 0 Å². The van der Waals surface area contributed by atoms with E-state index in [-0.39, 0.29) is 12.2 Å². The first kappa shape index (κ1) is 23.6. The number of unbranched alkanes of at least 4 members (excludes halogenated alkanes) is 3. The van der Waals surface area contributed by atoms with E-state index in [9.17, 15) is 9.59 Å². The molecule has 0 radical (unpaired) electrons. The third kappa shape index (κ3) is 12.5. The van der Waals surface area contributed by atoms with Crippen LogP contribution in [0.2, 0.25) is 0 Å². The van der Waals surface area contributed by atoms with Crippen LogP contribution in [0.15, 0.2) is 0 Å². The van der Waals surface area contributed by atoms with Gasteiger partial charge < -0.3 is 18.9 Å². The quantitative estimate of drug-likeness (QED) is 0.357. The number of carbonyl (C=O) groups excluding carboxylic acids is 2. The first-order chi connectivity index (χ1) is 12.7. The van der Waals surface area contributed by atoms with Crippen LogP contribution in [0.1, 0.15) is 92.4 Å². The molecule has 1 aliphatic rings. The fourth-order valence-corrected chi connectivity index (χ4v) is 3.06. The van der Waals surface area contributed by atoms with E-state index in [2.05, 4.69) is 13.8 Å². The van der Waals surface area contributed by atoms with Gasteiger partial charge in [-0.2, -0.15) is 0 Å². The highest BCUT2D eigenvalue weighted by Crippen LogP contribution is 2.25. The smallest absolute Gasteiger partial charge is 0.434 e. The molecule has 0 saturated heterocycles. The molecule has 0 heterocycles. The van der Waals surface area contributed by atoms with Gasteiger partial charge in [-0.1, -0.05) is 39.5 Å². The molecule has 6 nitrogen and oxygen atoms in total. The maximum atomic E-state index is 11.8. The molecule has 27 heavy (non-hydrogen) atoms. The molecule has 1 rings (SSSR count). The van der Waals surface area contributed by atoms with Crippen LogP contribution in [-0.4, -0.2) is 36.7 Å². The highest BCUT2D eigenvalue weighted by molar-refractivity contribution is 5.61. The van der Waals surface area contributed by atoms with Gasteiger partial charge in [0.1, 0.15) is 17.8 Å². The minimum atomic E-state index is -0.673. The van der Waals surface area contributed by atoms with Crippen molar-refractivity contribution < 1.29 is 28.5 Å². The molecule has 0 amide bonds. The molecule has 0 aliphatic heterocycles. The Morgan fingerprint density at radius 1 is 0.926 bits per heavy atom. The standard InChI is InChI=1S/C21H38O6/c1-16(2)11-8-6-7-9-14-24-19(22)25-17-12-10-13-18(15-17)26-20(23)27-21(3,4)5/h16-18H,6-15H2,1-5H3. The Labute approximate surface area is 164 Å². The van der Waals surface area contributed by atoms with Gasteiger partial charge in [-0.05, 0) is 52.4 Å². The summed E-state index contributed by atoms with van der Waals surface area (Å²) in [4.78, 5) is 23.6. The summed E-state index contributed by atoms with van der Waals surface area (Å²) in [5.74, 6) is 0.745. The molecule has 2 unspecified atom stereocenters. The summed E-state index contributed by atoms with van der Waals surface area (Å²) in [5.41, 5.74) is -0.583. The first-order valence-corrected chi connectivity index (χ1v) is 10.4. The van der Waals surface area contributed by atoms with Crippen LogP contribution < -0.4 is 0 Å². The predicted octanol–water partition coefficient (Wildman–Crippen LogP) is 6.01. The zero-order chi connectivity index (χ0) is 20.3. The van der Waals surface area contributed by atoms with Crippen LogP contribution in [0.3, 0.4) is 0 Å². The molecule has 0 bridgehead atoms. The van der Waals surface area contributed by atoms with Gasteiger partial charge in [0.05, 0.1) is 6.61 Å².